The Morgan fingerprint density at radius 2 is 2.09 bits per heavy atom. The molecule has 8 heteroatoms. The molecule has 1 fully saturated rings. The lowest BCUT2D eigenvalue weighted by atomic mass is 10.0. The van der Waals surface area contributed by atoms with E-state index in [1.54, 1.807) is 6.92 Å². The first-order chi connectivity index (χ1) is 10.4. The van der Waals surface area contributed by atoms with Crippen LogP contribution in [0.3, 0.4) is 0 Å². The fraction of sp³-hybridized carbons (Fsp3) is 0.429. The van der Waals surface area contributed by atoms with Gasteiger partial charge < -0.3 is 25.0 Å². The monoisotopic (exact) mass is 310 g/mol. The van der Waals surface area contributed by atoms with Gasteiger partial charge in [0, 0.05) is 11.3 Å². The summed E-state index contributed by atoms with van der Waals surface area (Å²) < 4.78 is 19.3. The summed E-state index contributed by atoms with van der Waals surface area (Å²) in [5, 5.41) is 28.9. The summed E-state index contributed by atoms with van der Waals surface area (Å²) in [5.41, 5.74) is -0.112. The molecular formula is C14H15FN2O5. The van der Waals surface area contributed by atoms with Gasteiger partial charge >= 0.3 is 0 Å². The highest BCUT2D eigenvalue weighted by Gasteiger charge is 2.44. The number of nitrogens with zero attached hydrogens (tertiary/aromatic N) is 1. The maximum absolute atomic E-state index is 14.0. The van der Waals surface area contributed by atoms with E-state index in [-0.39, 0.29) is 16.6 Å². The minimum atomic E-state index is -1.39. The van der Waals surface area contributed by atoms with Crippen molar-refractivity contribution in [1.29, 1.82) is 0 Å². The summed E-state index contributed by atoms with van der Waals surface area (Å²) in [6.07, 6.45) is -4.87. The van der Waals surface area contributed by atoms with Crippen molar-refractivity contribution in [3.63, 3.8) is 0 Å². The third kappa shape index (κ3) is 2.30. The van der Waals surface area contributed by atoms with Crippen LogP contribution in [-0.2, 0) is 4.74 Å². The zero-order chi connectivity index (χ0) is 16.0. The zero-order valence-electron chi connectivity index (χ0n) is 11.7. The molecule has 0 aliphatic carbocycles. The lowest BCUT2D eigenvalue weighted by Crippen LogP contribution is -2.33. The van der Waals surface area contributed by atoms with Crippen molar-refractivity contribution < 1.29 is 24.4 Å². The number of aromatic nitrogens is 2. The lowest BCUT2D eigenvalue weighted by molar-refractivity contribution is -0.0231. The molecule has 0 saturated carbocycles. The molecular weight excluding hydrogens is 295 g/mol. The average Bonchev–Trinajstić information content (AvgIpc) is 2.74. The molecule has 0 aromatic carbocycles. The molecule has 0 radical (unpaired) electrons. The molecule has 1 aliphatic rings. The third-order valence-electron chi connectivity index (χ3n) is 3.78. The molecule has 3 rings (SSSR count). The molecule has 0 spiro atoms. The Morgan fingerprint density at radius 3 is 2.73 bits per heavy atom. The highest BCUT2D eigenvalue weighted by molar-refractivity contribution is 5.76. The number of fused-ring (bicyclic) bond motifs is 1. The molecule has 1 aliphatic heterocycles. The van der Waals surface area contributed by atoms with Crippen LogP contribution in [0, 0.1) is 12.7 Å². The van der Waals surface area contributed by atoms with Gasteiger partial charge in [0.25, 0.3) is 5.56 Å². The number of rotatable bonds is 2. The zero-order valence-corrected chi connectivity index (χ0v) is 11.7. The second-order valence-electron chi connectivity index (χ2n) is 5.32. The normalized spacial score (nSPS) is 28.4. The van der Waals surface area contributed by atoms with Crippen molar-refractivity contribution >= 4 is 11.0 Å². The Balaban J connectivity index is 2.12. The largest absolute Gasteiger partial charge is 0.394 e. The number of aliphatic hydroxyl groups is 3. The predicted octanol–water partition coefficient (Wildman–Crippen LogP) is -0.475. The molecule has 4 atom stereocenters. The highest BCUT2D eigenvalue weighted by Crippen LogP contribution is 2.32. The molecule has 22 heavy (non-hydrogen) atoms. The number of pyridine rings is 2. The topological polar surface area (TPSA) is 116 Å². The Morgan fingerprint density at radius 1 is 1.36 bits per heavy atom. The average molecular weight is 310 g/mol. The molecule has 2 unspecified atom stereocenters. The summed E-state index contributed by atoms with van der Waals surface area (Å²) in [6.45, 7) is 1.09. The van der Waals surface area contributed by atoms with Crippen LogP contribution >= 0.6 is 0 Å². The van der Waals surface area contributed by atoms with Crippen molar-refractivity contribution in [1.82, 2.24) is 9.97 Å². The molecule has 2 aromatic rings. The van der Waals surface area contributed by atoms with Gasteiger partial charge in [-0.25, -0.2) is 9.37 Å². The van der Waals surface area contributed by atoms with Crippen LogP contribution in [0.2, 0.25) is 0 Å². The van der Waals surface area contributed by atoms with Crippen LogP contribution < -0.4 is 5.56 Å². The van der Waals surface area contributed by atoms with Gasteiger partial charge in [0.05, 0.1) is 12.0 Å². The number of hydrogen-bond donors (Lipinski definition) is 4. The van der Waals surface area contributed by atoms with E-state index < -0.39 is 42.4 Å². The summed E-state index contributed by atoms with van der Waals surface area (Å²) >= 11 is 0. The Bertz CT molecular complexity index is 778. The fourth-order valence-electron chi connectivity index (χ4n) is 2.64. The van der Waals surface area contributed by atoms with Crippen LogP contribution in [-0.4, -0.2) is 50.2 Å². The van der Waals surface area contributed by atoms with Gasteiger partial charge in [-0.15, -0.1) is 0 Å². The molecule has 4 N–H and O–H groups in total. The first-order valence-corrected chi connectivity index (χ1v) is 6.75. The predicted molar refractivity (Wildman–Crippen MR) is 73.8 cm³/mol. The first kappa shape index (κ1) is 15.0. The van der Waals surface area contributed by atoms with Gasteiger partial charge in [-0.3, -0.25) is 4.79 Å². The third-order valence-corrected chi connectivity index (χ3v) is 3.78. The van der Waals surface area contributed by atoms with Crippen LogP contribution in [0.1, 0.15) is 17.4 Å². The van der Waals surface area contributed by atoms with Gasteiger partial charge in [-0.1, -0.05) is 0 Å². The van der Waals surface area contributed by atoms with Crippen molar-refractivity contribution in [3.8, 4) is 0 Å². The van der Waals surface area contributed by atoms with Gasteiger partial charge in [-0.05, 0) is 19.1 Å². The van der Waals surface area contributed by atoms with Crippen molar-refractivity contribution in [3.05, 3.63) is 39.6 Å². The van der Waals surface area contributed by atoms with E-state index in [2.05, 4.69) is 9.97 Å². The van der Waals surface area contributed by atoms with E-state index in [9.17, 15) is 19.4 Å². The minimum Gasteiger partial charge on any atom is -0.394 e. The Kier molecular flexibility index (Phi) is 3.69. The Labute approximate surface area is 124 Å². The number of aromatic amines is 1. The van der Waals surface area contributed by atoms with E-state index in [1.165, 1.54) is 12.1 Å². The van der Waals surface area contributed by atoms with Gasteiger partial charge in [0.15, 0.2) is 0 Å². The number of halogens is 1. The SMILES string of the molecule is Cc1cc(F)c2cc([C@@H]3O[C@H](CO)C(O)C3O)c(=O)[nH]c2n1. The van der Waals surface area contributed by atoms with Crippen LogP contribution in [0.4, 0.5) is 4.39 Å². The van der Waals surface area contributed by atoms with Crippen LogP contribution in [0.5, 0.6) is 0 Å². The number of hydrogen-bond acceptors (Lipinski definition) is 6. The second kappa shape index (κ2) is 5.40. The van der Waals surface area contributed by atoms with Gasteiger partial charge in [0.2, 0.25) is 0 Å². The summed E-state index contributed by atoms with van der Waals surface area (Å²) in [5.74, 6) is -0.563. The quantitative estimate of drug-likeness (QED) is 0.596. The standard InChI is InChI=1S/C14H15FN2O5/c1-5-2-8(15)6-3-7(14(21)17-13(6)16-5)12-11(20)10(19)9(4-18)22-12/h2-3,9-12,18-20H,4H2,1H3,(H,16,17,21)/t9-,10?,11?,12+/m1/s1. The number of aliphatic hydroxyl groups excluding tert-OH is 3. The van der Waals surface area contributed by atoms with E-state index in [1.807, 2.05) is 0 Å². The van der Waals surface area contributed by atoms with E-state index in [0.717, 1.165) is 0 Å². The molecule has 1 saturated heterocycles. The van der Waals surface area contributed by atoms with Crippen molar-refractivity contribution in [2.45, 2.75) is 31.3 Å². The lowest BCUT2D eigenvalue weighted by Gasteiger charge is -2.14. The van der Waals surface area contributed by atoms with E-state index >= 15 is 0 Å². The smallest absolute Gasteiger partial charge is 0.255 e. The van der Waals surface area contributed by atoms with Crippen molar-refractivity contribution in [2.75, 3.05) is 6.61 Å². The summed E-state index contributed by atoms with van der Waals surface area (Å²) in [4.78, 5) is 18.6. The fourth-order valence-corrected chi connectivity index (χ4v) is 2.64. The molecule has 118 valence electrons. The van der Waals surface area contributed by atoms with Crippen LogP contribution in [0.15, 0.2) is 16.9 Å². The number of ether oxygens (including phenoxy) is 1. The summed E-state index contributed by atoms with van der Waals surface area (Å²) in [6, 6.07) is 2.47. The molecule has 0 bridgehead atoms. The first-order valence-electron chi connectivity index (χ1n) is 6.75. The minimum absolute atomic E-state index is 0.0282. The molecule has 2 aromatic heterocycles. The van der Waals surface area contributed by atoms with Crippen LogP contribution in [0.25, 0.3) is 11.0 Å². The Hall–Kier alpha value is -1.87. The maximum Gasteiger partial charge on any atom is 0.255 e. The number of nitrogens with one attached hydrogen (secondary N) is 1. The van der Waals surface area contributed by atoms with Gasteiger partial charge in [0.1, 0.15) is 35.9 Å². The second-order valence-corrected chi connectivity index (χ2v) is 5.32. The molecule has 7 nitrogen and oxygen atoms in total. The molecule has 0 amide bonds. The molecule has 3 heterocycles. The number of H-pyrrole nitrogens is 1. The van der Waals surface area contributed by atoms with Gasteiger partial charge in [-0.2, -0.15) is 0 Å². The van der Waals surface area contributed by atoms with Crippen molar-refractivity contribution in [2.24, 2.45) is 0 Å². The van der Waals surface area contributed by atoms with E-state index in [4.69, 9.17) is 9.84 Å². The number of aryl methyl sites for hydroxylation is 1. The summed E-state index contributed by atoms with van der Waals surface area (Å²) in [7, 11) is 0. The maximum atomic E-state index is 14.0. The van der Waals surface area contributed by atoms with E-state index in [0.29, 0.717) is 5.69 Å². The highest BCUT2D eigenvalue weighted by atomic mass is 19.1.